The number of carbonyl (C=O) groups excluding carboxylic acids is 3. The van der Waals surface area contributed by atoms with Crippen LogP contribution in [0.25, 0.3) is 0 Å². The van der Waals surface area contributed by atoms with E-state index in [0.717, 1.165) is 0 Å². The van der Waals surface area contributed by atoms with Crippen molar-refractivity contribution in [2.75, 3.05) is 6.54 Å². The number of hydrazine groups is 1. The van der Waals surface area contributed by atoms with Crippen molar-refractivity contribution >= 4 is 35.1 Å². The lowest BCUT2D eigenvalue weighted by Crippen LogP contribution is -2.50. The molecule has 1 aliphatic rings. The summed E-state index contributed by atoms with van der Waals surface area (Å²) in [5.41, 5.74) is 4.93. The fourth-order valence-electron chi connectivity index (χ4n) is 2.49. The van der Waals surface area contributed by atoms with Gasteiger partial charge in [-0.3, -0.25) is 25.2 Å². The molecule has 0 spiro atoms. The summed E-state index contributed by atoms with van der Waals surface area (Å²) >= 11 is 4.95. The minimum absolute atomic E-state index is 0.0239. The highest BCUT2D eigenvalue weighted by molar-refractivity contribution is 7.80. The van der Waals surface area contributed by atoms with Crippen LogP contribution in [0, 0.1) is 11.8 Å². The lowest BCUT2D eigenvalue weighted by atomic mass is 10.1. The molecule has 0 saturated carbocycles. The highest BCUT2D eigenvalue weighted by Gasteiger charge is 2.34. The lowest BCUT2D eigenvalue weighted by Gasteiger charge is -2.16. The maximum Gasteiger partial charge on any atom is 0.243 e. The Bertz CT molecular complexity index is 645. The number of hydrogen-bond acceptors (Lipinski definition) is 5. The van der Waals surface area contributed by atoms with Crippen LogP contribution in [0.2, 0.25) is 0 Å². The van der Waals surface area contributed by atoms with E-state index in [0.29, 0.717) is 25.3 Å². The van der Waals surface area contributed by atoms with Gasteiger partial charge in [-0.15, -0.1) is 0 Å². The smallest absolute Gasteiger partial charge is 0.243 e. The zero-order chi connectivity index (χ0) is 18.4. The second-order valence-electron chi connectivity index (χ2n) is 6.34. The van der Waals surface area contributed by atoms with E-state index in [1.165, 1.54) is 0 Å². The number of thiocarbonyl (C=S) groups is 1. The predicted octanol–water partition coefficient (Wildman–Crippen LogP) is 0.696. The van der Waals surface area contributed by atoms with Gasteiger partial charge in [0.1, 0.15) is 5.76 Å². The van der Waals surface area contributed by atoms with Gasteiger partial charge >= 0.3 is 0 Å². The summed E-state index contributed by atoms with van der Waals surface area (Å²) in [7, 11) is 0. The molecule has 0 radical (unpaired) electrons. The zero-order valence-electron chi connectivity index (χ0n) is 14.2. The van der Waals surface area contributed by atoms with Crippen molar-refractivity contribution < 1.29 is 18.8 Å². The maximum absolute atomic E-state index is 12.2. The van der Waals surface area contributed by atoms with Gasteiger partial charge in [-0.1, -0.05) is 13.8 Å². The first-order valence-electron chi connectivity index (χ1n) is 8.05. The molecule has 1 unspecified atom stereocenters. The fraction of sp³-hybridized carbons (Fsp3) is 0.500. The molecule has 3 N–H and O–H groups in total. The molecule has 136 valence electrons. The summed E-state index contributed by atoms with van der Waals surface area (Å²) in [6.07, 6.45) is 2.01. The molecular weight excluding hydrogens is 344 g/mol. The minimum atomic E-state index is -0.482. The van der Waals surface area contributed by atoms with Gasteiger partial charge in [0.2, 0.25) is 17.7 Å². The van der Waals surface area contributed by atoms with Crippen molar-refractivity contribution in [3.8, 4) is 0 Å². The first kappa shape index (κ1) is 18.9. The number of amides is 3. The van der Waals surface area contributed by atoms with Crippen LogP contribution in [-0.2, 0) is 20.9 Å². The number of carbonyl (C=O) groups is 3. The number of likely N-dealkylation sites (tertiary alicyclic amines) is 1. The molecule has 25 heavy (non-hydrogen) atoms. The number of nitrogens with zero attached hydrogens (tertiary/aromatic N) is 1. The number of hydrogen-bond donors (Lipinski definition) is 3. The van der Waals surface area contributed by atoms with E-state index < -0.39 is 5.92 Å². The Morgan fingerprint density at radius 2 is 2.16 bits per heavy atom. The van der Waals surface area contributed by atoms with Gasteiger partial charge in [0, 0.05) is 19.4 Å². The SMILES string of the molecule is CC(C)CC(=O)NC(=S)NNC(=O)C1CC(=O)N(Cc2ccco2)C1. The van der Waals surface area contributed by atoms with Crippen molar-refractivity contribution in [3.63, 3.8) is 0 Å². The van der Waals surface area contributed by atoms with Gasteiger partial charge in [-0.25, -0.2) is 0 Å². The summed E-state index contributed by atoms with van der Waals surface area (Å²) in [6.45, 7) is 4.49. The molecule has 3 amide bonds. The highest BCUT2D eigenvalue weighted by Crippen LogP contribution is 2.20. The topological polar surface area (TPSA) is 104 Å². The largest absolute Gasteiger partial charge is 0.467 e. The molecule has 1 fully saturated rings. The molecular formula is C16H22N4O4S. The van der Waals surface area contributed by atoms with Crippen molar-refractivity contribution in [3.05, 3.63) is 24.2 Å². The van der Waals surface area contributed by atoms with Crippen LogP contribution in [0.5, 0.6) is 0 Å². The third kappa shape index (κ3) is 5.86. The molecule has 0 aromatic carbocycles. The van der Waals surface area contributed by atoms with Gasteiger partial charge in [-0.2, -0.15) is 0 Å². The summed E-state index contributed by atoms with van der Waals surface area (Å²) in [5.74, 6) is -0.282. The molecule has 0 bridgehead atoms. The van der Waals surface area contributed by atoms with Crippen molar-refractivity contribution in [1.29, 1.82) is 0 Å². The van der Waals surface area contributed by atoms with Gasteiger partial charge in [0.25, 0.3) is 0 Å². The molecule has 8 nitrogen and oxygen atoms in total. The second-order valence-corrected chi connectivity index (χ2v) is 6.75. The molecule has 2 heterocycles. The first-order valence-corrected chi connectivity index (χ1v) is 8.45. The van der Waals surface area contributed by atoms with Crippen LogP contribution in [0.15, 0.2) is 22.8 Å². The first-order chi connectivity index (χ1) is 11.8. The van der Waals surface area contributed by atoms with E-state index >= 15 is 0 Å². The zero-order valence-corrected chi connectivity index (χ0v) is 15.0. The fourth-order valence-corrected chi connectivity index (χ4v) is 2.66. The van der Waals surface area contributed by atoms with Crippen LogP contribution in [0.3, 0.4) is 0 Å². The summed E-state index contributed by atoms with van der Waals surface area (Å²) in [4.78, 5) is 37.3. The Morgan fingerprint density at radius 1 is 1.40 bits per heavy atom. The van der Waals surface area contributed by atoms with E-state index in [2.05, 4.69) is 16.2 Å². The van der Waals surface area contributed by atoms with Gasteiger partial charge in [0.15, 0.2) is 5.11 Å². The Labute approximate surface area is 151 Å². The van der Waals surface area contributed by atoms with E-state index in [9.17, 15) is 14.4 Å². The molecule has 1 saturated heterocycles. The summed E-state index contributed by atoms with van der Waals surface area (Å²) in [6, 6.07) is 3.53. The van der Waals surface area contributed by atoms with E-state index in [1.807, 2.05) is 13.8 Å². The van der Waals surface area contributed by atoms with Crippen LogP contribution in [0.1, 0.15) is 32.4 Å². The molecule has 1 atom stereocenters. The Kier molecular flexibility index (Phi) is 6.51. The van der Waals surface area contributed by atoms with Crippen LogP contribution in [0.4, 0.5) is 0 Å². The normalized spacial score (nSPS) is 16.8. The lowest BCUT2D eigenvalue weighted by molar-refractivity contribution is -0.129. The number of furan rings is 1. The average Bonchev–Trinajstić information content (AvgIpc) is 3.15. The van der Waals surface area contributed by atoms with E-state index in [-0.39, 0.29) is 35.2 Å². The van der Waals surface area contributed by atoms with Crippen molar-refractivity contribution in [2.45, 2.75) is 33.2 Å². The maximum atomic E-state index is 12.2. The number of nitrogens with one attached hydrogen (secondary N) is 3. The van der Waals surface area contributed by atoms with Crippen LogP contribution < -0.4 is 16.2 Å². The van der Waals surface area contributed by atoms with Crippen LogP contribution in [-0.4, -0.2) is 34.3 Å². The quantitative estimate of drug-likeness (QED) is 0.523. The second kappa shape index (κ2) is 8.61. The number of rotatable bonds is 5. The van der Waals surface area contributed by atoms with E-state index in [4.69, 9.17) is 16.6 Å². The Balaban J connectivity index is 1.75. The summed E-state index contributed by atoms with van der Waals surface area (Å²) in [5, 5.41) is 2.51. The molecule has 2 rings (SSSR count). The summed E-state index contributed by atoms with van der Waals surface area (Å²) < 4.78 is 5.22. The van der Waals surface area contributed by atoms with Gasteiger partial charge in [0.05, 0.1) is 18.7 Å². The highest BCUT2D eigenvalue weighted by atomic mass is 32.1. The molecule has 9 heteroatoms. The third-order valence-electron chi connectivity index (χ3n) is 3.66. The Morgan fingerprint density at radius 3 is 2.80 bits per heavy atom. The molecule has 1 aromatic heterocycles. The molecule has 0 aliphatic carbocycles. The Hall–Kier alpha value is -2.42. The minimum Gasteiger partial charge on any atom is -0.467 e. The standard InChI is InChI=1S/C16H22N4O4S/c1-10(2)6-13(21)17-16(25)19-18-15(23)11-7-14(22)20(8-11)9-12-4-3-5-24-12/h3-5,10-11H,6-9H2,1-2H3,(H,18,23)(H2,17,19,21,25). The van der Waals surface area contributed by atoms with Gasteiger partial charge < -0.3 is 14.6 Å². The monoisotopic (exact) mass is 366 g/mol. The van der Waals surface area contributed by atoms with Gasteiger partial charge in [-0.05, 0) is 30.3 Å². The van der Waals surface area contributed by atoms with Crippen LogP contribution >= 0.6 is 12.2 Å². The average molecular weight is 366 g/mol. The molecule has 1 aliphatic heterocycles. The molecule has 1 aromatic rings. The van der Waals surface area contributed by atoms with Crippen molar-refractivity contribution in [1.82, 2.24) is 21.1 Å². The third-order valence-corrected chi connectivity index (χ3v) is 3.86. The predicted molar refractivity (Wildman–Crippen MR) is 93.7 cm³/mol. The van der Waals surface area contributed by atoms with Crippen molar-refractivity contribution in [2.24, 2.45) is 11.8 Å². The van der Waals surface area contributed by atoms with E-state index in [1.54, 1.807) is 23.3 Å².